The van der Waals surface area contributed by atoms with Gasteiger partial charge in [-0.2, -0.15) is 0 Å². The maximum Gasteiger partial charge on any atom is 0.251 e. The monoisotopic (exact) mass is 403 g/mol. The van der Waals surface area contributed by atoms with Crippen molar-refractivity contribution in [3.8, 4) is 0 Å². The predicted molar refractivity (Wildman–Crippen MR) is 116 cm³/mol. The Morgan fingerprint density at radius 2 is 1.75 bits per heavy atom. The quantitative estimate of drug-likeness (QED) is 0.746. The van der Waals surface area contributed by atoms with Crippen LogP contribution in [-0.2, 0) is 4.79 Å². The highest BCUT2D eigenvalue weighted by Gasteiger charge is 2.22. The lowest BCUT2D eigenvalue weighted by Gasteiger charge is -2.32. The maximum absolute atomic E-state index is 12.4. The van der Waals surface area contributed by atoms with Crippen LogP contribution in [0.15, 0.2) is 42.5 Å². The Bertz CT molecular complexity index is 788. The van der Waals surface area contributed by atoms with Crippen LogP contribution in [0.1, 0.15) is 36.0 Å². The average molecular weight is 404 g/mol. The lowest BCUT2D eigenvalue weighted by molar-refractivity contribution is -0.132. The number of nitrogens with zero attached hydrogens (tertiary/aromatic N) is 1. The molecule has 5 nitrogen and oxygen atoms in total. The van der Waals surface area contributed by atoms with E-state index in [-0.39, 0.29) is 24.2 Å². The molecule has 0 aliphatic carbocycles. The predicted octanol–water partition coefficient (Wildman–Crippen LogP) is 3.23. The Kier molecular flexibility index (Phi) is 8.74. The molecule has 3 rings (SSSR count). The number of piperidine rings is 1. The van der Waals surface area contributed by atoms with Crippen molar-refractivity contribution in [1.82, 2.24) is 15.5 Å². The summed E-state index contributed by atoms with van der Waals surface area (Å²) in [5, 5.41) is 8.22. The lowest BCUT2D eigenvalue weighted by atomic mass is 9.93. The number of hydrogen-bond donors (Lipinski definition) is 2. The highest BCUT2D eigenvalue weighted by Crippen LogP contribution is 2.20. The molecule has 0 atom stereocenters. The minimum Gasteiger partial charge on any atom is -0.352 e. The zero-order valence-corrected chi connectivity index (χ0v) is 17.3. The van der Waals surface area contributed by atoms with Gasteiger partial charge in [-0.3, -0.25) is 9.59 Å². The molecule has 1 saturated heterocycles. The average Bonchev–Trinajstić information content (AvgIpc) is 2.72. The highest BCUT2D eigenvalue weighted by molar-refractivity contribution is 5.98. The molecule has 1 fully saturated rings. The molecule has 0 aromatic heterocycles. The fourth-order valence-corrected chi connectivity index (χ4v) is 3.69. The van der Waals surface area contributed by atoms with E-state index < -0.39 is 0 Å². The largest absolute Gasteiger partial charge is 0.352 e. The lowest BCUT2D eigenvalue weighted by Crippen LogP contribution is -2.40. The summed E-state index contributed by atoms with van der Waals surface area (Å²) in [6.45, 7) is 3.10. The molecule has 152 valence electrons. The van der Waals surface area contributed by atoms with Crippen molar-refractivity contribution in [2.24, 2.45) is 5.92 Å². The SMILES string of the molecule is CNCCC1CCN(C(=O)CCNC(=O)c2ccc3ccccc3c2)CC1.Cl. The van der Waals surface area contributed by atoms with Crippen LogP contribution < -0.4 is 10.6 Å². The molecule has 2 amide bonds. The van der Waals surface area contributed by atoms with Crippen molar-refractivity contribution >= 4 is 35.0 Å². The molecule has 0 spiro atoms. The van der Waals surface area contributed by atoms with Crippen molar-refractivity contribution in [3.05, 3.63) is 48.0 Å². The highest BCUT2D eigenvalue weighted by atomic mass is 35.5. The number of carbonyl (C=O) groups excluding carboxylic acids is 2. The number of fused-ring (bicyclic) bond motifs is 1. The summed E-state index contributed by atoms with van der Waals surface area (Å²) < 4.78 is 0. The van der Waals surface area contributed by atoms with Gasteiger partial charge in [0.05, 0.1) is 0 Å². The summed E-state index contributed by atoms with van der Waals surface area (Å²) in [6, 6.07) is 13.6. The Labute approximate surface area is 173 Å². The number of hydrogen-bond acceptors (Lipinski definition) is 3. The number of amides is 2. The van der Waals surface area contributed by atoms with E-state index in [0.29, 0.717) is 24.4 Å². The number of rotatable bonds is 7. The first-order valence-corrected chi connectivity index (χ1v) is 9.87. The standard InChI is InChI=1S/C22H29N3O2.ClH/c1-23-12-8-17-10-14-25(15-11-17)21(26)9-13-24-22(27)20-7-6-18-4-2-3-5-19(18)16-20;/h2-7,16-17,23H,8-15H2,1H3,(H,24,27);1H. The van der Waals surface area contributed by atoms with Crippen LogP contribution in [-0.4, -0.2) is 49.9 Å². The van der Waals surface area contributed by atoms with Gasteiger partial charge in [0.2, 0.25) is 5.91 Å². The molecular formula is C22H30ClN3O2. The fourth-order valence-electron chi connectivity index (χ4n) is 3.69. The number of halogens is 1. The van der Waals surface area contributed by atoms with Crippen LogP contribution >= 0.6 is 12.4 Å². The minimum absolute atomic E-state index is 0. The first kappa shape index (κ1) is 22.2. The van der Waals surface area contributed by atoms with E-state index in [9.17, 15) is 9.59 Å². The second kappa shape index (κ2) is 11.0. The summed E-state index contributed by atoms with van der Waals surface area (Å²) in [5.41, 5.74) is 0.631. The maximum atomic E-state index is 12.4. The van der Waals surface area contributed by atoms with Gasteiger partial charge in [-0.15, -0.1) is 12.4 Å². The van der Waals surface area contributed by atoms with E-state index in [0.717, 1.165) is 43.2 Å². The van der Waals surface area contributed by atoms with Gasteiger partial charge in [-0.1, -0.05) is 30.3 Å². The van der Waals surface area contributed by atoms with Gasteiger partial charge in [0.25, 0.3) is 5.91 Å². The van der Waals surface area contributed by atoms with E-state index in [1.165, 1.54) is 6.42 Å². The Morgan fingerprint density at radius 1 is 1.04 bits per heavy atom. The molecule has 28 heavy (non-hydrogen) atoms. The topological polar surface area (TPSA) is 61.4 Å². The molecule has 0 bridgehead atoms. The van der Waals surface area contributed by atoms with E-state index in [1.54, 1.807) is 0 Å². The summed E-state index contributed by atoms with van der Waals surface area (Å²) in [5.74, 6) is 0.731. The van der Waals surface area contributed by atoms with Gasteiger partial charge in [0, 0.05) is 31.6 Å². The smallest absolute Gasteiger partial charge is 0.251 e. The molecule has 0 saturated carbocycles. The van der Waals surface area contributed by atoms with Crippen molar-refractivity contribution < 1.29 is 9.59 Å². The number of carbonyl (C=O) groups is 2. The first-order valence-electron chi connectivity index (χ1n) is 9.87. The Balaban J connectivity index is 0.00000280. The van der Waals surface area contributed by atoms with Gasteiger partial charge < -0.3 is 15.5 Å². The molecule has 1 aliphatic rings. The van der Waals surface area contributed by atoms with E-state index >= 15 is 0 Å². The third kappa shape index (κ3) is 5.94. The molecule has 0 radical (unpaired) electrons. The second-order valence-electron chi connectivity index (χ2n) is 7.28. The molecule has 0 unspecified atom stereocenters. The molecule has 1 heterocycles. The minimum atomic E-state index is -0.126. The molecule has 2 aromatic carbocycles. The van der Waals surface area contributed by atoms with Crippen molar-refractivity contribution in [2.75, 3.05) is 33.2 Å². The van der Waals surface area contributed by atoms with E-state index in [4.69, 9.17) is 0 Å². The van der Waals surface area contributed by atoms with Gasteiger partial charge in [0.15, 0.2) is 0 Å². The van der Waals surface area contributed by atoms with Crippen LogP contribution in [0.3, 0.4) is 0 Å². The third-order valence-electron chi connectivity index (χ3n) is 5.41. The van der Waals surface area contributed by atoms with Crippen molar-refractivity contribution in [1.29, 1.82) is 0 Å². The number of benzene rings is 2. The molecule has 1 aliphatic heterocycles. The van der Waals surface area contributed by atoms with E-state index in [1.807, 2.05) is 54.4 Å². The number of nitrogens with one attached hydrogen (secondary N) is 2. The van der Waals surface area contributed by atoms with Gasteiger partial charge in [0.1, 0.15) is 0 Å². The zero-order valence-electron chi connectivity index (χ0n) is 16.4. The van der Waals surface area contributed by atoms with Crippen LogP contribution in [0, 0.1) is 5.92 Å². The van der Waals surface area contributed by atoms with E-state index in [2.05, 4.69) is 10.6 Å². The third-order valence-corrected chi connectivity index (χ3v) is 5.41. The van der Waals surface area contributed by atoms with Crippen LogP contribution in [0.4, 0.5) is 0 Å². The first-order chi connectivity index (χ1) is 13.2. The molecular weight excluding hydrogens is 374 g/mol. The van der Waals surface area contributed by atoms with Crippen LogP contribution in [0.2, 0.25) is 0 Å². The van der Waals surface area contributed by atoms with Crippen molar-refractivity contribution in [3.63, 3.8) is 0 Å². The molecule has 2 aromatic rings. The van der Waals surface area contributed by atoms with Gasteiger partial charge in [-0.05, 0) is 61.7 Å². The zero-order chi connectivity index (χ0) is 19.1. The van der Waals surface area contributed by atoms with Crippen LogP contribution in [0.5, 0.6) is 0 Å². The van der Waals surface area contributed by atoms with Crippen molar-refractivity contribution in [2.45, 2.75) is 25.7 Å². The second-order valence-corrected chi connectivity index (χ2v) is 7.28. The van der Waals surface area contributed by atoms with Gasteiger partial charge >= 0.3 is 0 Å². The van der Waals surface area contributed by atoms with Gasteiger partial charge in [-0.25, -0.2) is 0 Å². The summed E-state index contributed by atoms with van der Waals surface area (Å²) >= 11 is 0. The van der Waals surface area contributed by atoms with Crippen LogP contribution in [0.25, 0.3) is 10.8 Å². The summed E-state index contributed by atoms with van der Waals surface area (Å²) in [6.07, 6.45) is 3.70. The normalized spacial score (nSPS) is 14.5. The molecule has 6 heteroatoms. The number of likely N-dealkylation sites (tertiary alicyclic amines) is 1. The molecule has 2 N–H and O–H groups in total. The summed E-state index contributed by atoms with van der Waals surface area (Å²) in [7, 11) is 1.98. The Hall–Kier alpha value is -2.11. The summed E-state index contributed by atoms with van der Waals surface area (Å²) in [4.78, 5) is 26.7. The fraction of sp³-hybridized carbons (Fsp3) is 0.455. The Morgan fingerprint density at radius 3 is 2.46 bits per heavy atom.